The van der Waals surface area contributed by atoms with Crippen LogP contribution in [0.2, 0.25) is 0 Å². The van der Waals surface area contributed by atoms with E-state index in [2.05, 4.69) is 60.3 Å². The molecule has 2 N–H and O–H groups in total. The molecule has 0 aliphatic heterocycles. The quantitative estimate of drug-likeness (QED) is 0.226. The predicted molar refractivity (Wildman–Crippen MR) is 55.9 cm³/mol. The molecule has 0 unspecified atom stereocenters. The fourth-order valence-corrected chi connectivity index (χ4v) is 0.737. The van der Waals surface area contributed by atoms with E-state index in [4.69, 9.17) is 0 Å². The Hall–Kier alpha value is 2.22. The number of thiocarbonyl (C=S) groups is 2. The maximum atomic E-state index is 4.59. The summed E-state index contributed by atoms with van der Waals surface area (Å²) in [4.78, 5) is 0. The van der Waals surface area contributed by atoms with E-state index in [0.717, 1.165) is 0 Å². The van der Waals surface area contributed by atoms with E-state index in [1.165, 1.54) is 0 Å². The summed E-state index contributed by atoms with van der Waals surface area (Å²) in [5.41, 5.74) is 0. The van der Waals surface area contributed by atoms with Crippen LogP contribution in [0.3, 0.4) is 0 Å². The van der Waals surface area contributed by atoms with Crippen molar-refractivity contribution in [3.05, 3.63) is 0 Å². The van der Waals surface area contributed by atoms with Crippen molar-refractivity contribution in [2.75, 3.05) is 13.1 Å². The van der Waals surface area contributed by atoms with E-state index >= 15 is 0 Å². The second kappa shape index (κ2) is 13.2. The molecule has 0 aromatic rings. The molecule has 0 aliphatic carbocycles. The van der Waals surface area contributed by atoms with Gasteiger partial charge in [0, 0.05) is 13.1 Å². The third kappa shape index (κ3) is 18.1. The van der Waals surface area contributed by atoms with Crippen molar-refractivity contribution in [2.24, 2.45) is 0 Å². The Morgan fingerprint density at radius 2 is 1.17 bits per heavy atom. The third-order valence-corrected chi connectivity index (χ3v) is 1.24. The largest absolute Gasteiger partial charge is 1.00 e. The molecule has 12 heavy (non-hydrogen) atoms. The Balaban J connectivity index is -0.000000405. The molecular weight excluding hydrogens is 250 g/mol. The topological polar surface area (TPSA) is 24.1 Å². The molecule has 0 saturated heterocycles. The van der Waals surface area contributed by atoms with Crippen LogP contribution in [0.25, 0.3) is 0 Å². The molecule has 0 aromatic heterocycles. The first-order valence-corrected chi connectivity index (χ1v) is 4.16. The molecule has 0 fully saturated rings. The summed E-state index contributed by atoms with van der Waals surface area (Å²) in [6.07, 6.45) is 0. The van der Waals surface area contributed by atoms with Crippen molar-refractivity contribution < 1.29 is 59.1 Å². The minimum absolute atomic E-state index is 0. The zero-order valence-electron chi connectivity index (χ0n) is 7.05. The second-order valence-electron chi connectivity index (χ2n) is 1.43. The molecule has 0 saturated carbocycles. The zero-order chi connectivity index (χ0) is 7.98. The van der Waals surface area contributed by atoms with Gasteiger partial charge in [0.2, 0.25) is 0 Å². The molecule has 0 amide bonds. The van der Waals surface area contributed by atoms with Crippen LogP contribution in [0.4, 0.5) is 0 Å². The Kier molecular flexibility index (Phi) is 21.7. The molecule has 8 heteroatoms. The summed E-state index contributed by atoms with van der Waals surface area (Å²) in [5, 5.41) is 5.56. The van der Waals surface area contributed by atoms with E-state index in [1.54, 1.807) is 0 Å². The normalized spacial score (nSPS) is 7.00. The van der Waals surface area contributed by atoms with Crippen molar-refractivity contribution in [3.8, 4) is 0 Å². The Labute approximate surface area is 139 Å². The van der Waals surface area contributed by atoms with Crippen LogP contribution in [0, 0.1) is 0 Å². The van der Waals surface area contributed by atoms with Crippen LogP contribution in [0.5, 0.6) is 0 Å². The molecule has 58 valence electrons. The van der Waals surface area contributed by atoms with Gasteiger partial charge in [-0.15, -0.1) is 0 Å². The van der Waals surface area contributed by atoms with E-state index in [-0.39, 0.29) is 59.1 Å². The van der Waals surface area contributed by atoms with Gasteiger partial charge in [-0.05, 0) is 0 Å². The number of nitrogens with one attached hydrogen (secondary N) is 2. The van der Waals surface area contributed by atoms with E-state index in [0.29, 0.717) is 21.7 Å². The first-order chi connectivity index (χ1) is 4.63. The summed E-state index contributed by atoms with van der Waals surface area (Å²) in [6, 6.07) is 0. The van der Waals surface area contributed by atoms with Gasteiger partial charge in [0.1, 0.15) is 0 Å². The first-order valence-electron chi connectivity index (χ1n) is 2.52. The molecule has 0 aliphatic rings. The molecule has 2 nitrogen and oxygen atoms in total. The van der Waals surface area contributed by atoms with Gasteiger partial charge >= 0.3 is 59.1 Å². The summed E-state index contributed by atoms with van der Waals surface area (Å²) in [6.45, 7) is 1.33. The molecular formula is C4H6N2Na2S4. The second-order valence-corrected chi connectivity index (χ2v) is 3.58. The molecule has 0 rings (SSSR count). The van der Waals surface area contributed by atoms with E-state index < -0.39 is 0 Å². The van der Waals surface area contributed by atoms with Gasteiger partial charge in [0.25, 0.3) is 0 Å². The van der Waals surface area contributed by atoms with Crippen LogP contribution in [-0.4, -0.2) is 21.7 Å². The number of rotatable bonds is 3. The van der Waals surface area contributed by atoms with Crippen LogP contribution >= 0.6 is 24.4 Å². The maximum Gasteiger partial charge on any atom is 1.00 e. The van der Waals surface area contributed by atoms with Gasteiger partial charge in [-0.2, -0.15) is 0 Å². The van der Waals surface area contributed by atoms with Crippen LogP contribution < -0.4 is 69.7 Å². The molecule has 0 bridgehead atoms. The molecule has 0 atom stereocenters. The van der Waals surface area contributed by atoms with Crippen LogP contribution in [0.1, 0.15) is 0 Å². The van der Waals surface area contributed by atoms with Crippen molar-refractivity contribution >= 4 is 58.3 Å². The van der Waals surface area contributed by atoms with E-state index in [1.807, 2.05) is 0 Å². The van der Waals surface area contributed by atoms with Crippen molar-refractivity contribution in [1.82, 2.24) is 10.6 Å². The van der Waals surface area contributed by atoms with Gasteiger partial charge in [0.05, 0.1) is 0 Å². The fraction of sp³-hybridized carbons (Fsp3) is 0.500. The van der Waals surface area contributed by atoms with Gasteiger partial charge in [-0.25, -0.2) is 0 Å². The number of hydrogen-bond acceptors (Lipinski definition) is 4. The molecule has 0 radical (unpaired) electrons. The SMILES string of the molecule is S=C([S-])NCCNC(=S)[S-].[Na+].[Na+]. The van der Waals surface area contributed by atoms with Gasteiger partial charge in [-0.1, -0.05) is 8.64 Å². The van der Waals surface area contributed by atoms with Crippen molar-refractivity contribution in [1.29, 1.82) is 0 Å². The van der Waals surface area contributed by atoms with E-state index in [9.17, 15) is 0 Å². The third-order valence-electron chi connectivity index (χ3n) is 0.664. The summed E-state index contributed by atoms with van der Waals surface area (Å²) in [5.74, 6) is 0. The molecule has 0 spiro atoms. The maximum absolute atomic E-state index is 4.59. The van der Waals surface area contributed by atoms with Gasteiger partial charge < -0.3 is 60.3 Å². The smallest absolute Gasteiger partial charge is 0.412 e. The molecule has 0 heterocycles. The van der Waals surface area contributed by atoms with Crippen molar-refractivity contribution in [2.45, 2.75) is 0 Å². The average molecular weight is 256 g/mol. The summed E-state index contributed by atoms with van der Waals surface area (Å²) >= 11 is 18.4. The van der Waals surface area contributed by atoms with Crippen molar-refractivity contribution in [3.63, 3.8) is 0 Å². The van der Waals surface area contributed by atoms with Gasteiger partial charge in [-0.3, -0.25) is 0 Å². The van der Waals surface area contributed by atoms with Crippen LogP contribution in [-0.2, 0) is 25.3 Å². The first kappa shape index (κ1) is 19.7. The minimum Gasteiger partial charge on any atom is -0.412 e. The molecule has 0 aromatic carbocycles. The Morgan fingerprint density at radius 1 is 0.917 bits per heavy atom. The number of hydrogen-bond donors (Lipinski definition) is 2. The summed E-state index contributed by atoms with van der Waals surface area (Å²) in [7, 11) is 0. The average Bonchev–Trinajstić information content (AvgIpc) is 1.79. The Bertz CT molecular complexity index is 127. The predicted octanol–water partition coefficient (Wildman–Crippen LogP) is -6.16. The Morgan fingerprint density at radius 3 is 1.33 bits per heavy atom. The summed E-state index contributed by atoms with van der Waals surface area (Å²) < 4.78 is 0.745. The standard InChI is InChI=1S/C4H8N2S4.2Na/c7-3(8)5-1-2-6-4(9)10;;/h1-2H2,(H2,5,7,8)(H2,6,9,10);;/q;2*+1/p-2. The minimum atomic E-state index is 0. The van der Waals surface area contributed by atoms with Crippen LogP contribution in [0.15, 0.2) is 0 Å². The monoisotopic (exact) mass is 256 g/mol. The zero-order valence-corrected chi connectivity index (χ0v) is 14.3. The van der Waals surface area contributed by atoms with Gasteiger partial charge in [0.15, 0.2) is 0 Å². The fourth-order valence-electron chi connectivity index (χ4n) is 0.329.